The molecule has 0 radical (unpaired) electrons. The highest BCUT2D eigenvalue weighted by atomic mass is 79.9. The van der Waals surface area contributed by atoms with E-state index in [1.165, 1.54) is 0 Å². The van der Waals surface area contributed by atoms with Crippen LogP contribution in [0.1, 0.15) is 30.4 Å². The van der Waals surface area contributed by atoms with Crippen molar-refractivity contribution in [3.05, 3.63) is 58.2 Å². The van der Waals surface area contributed by atoms with Gasteiger partial charge in [-0.1, -0.05) is 34.5 Å². The number of anilines is 1. The van der Waals surface area contributed by atoms with Crippen LogP contribution in [0.5, 0.6) is 0 Å². The molecule has 1 aliphatic rings. The molecule has 26 heavy (non-hydrogen) atoms. The van der Waals surface area contributed by atoms with Gasteiger partial charge in [0.25, 0.3) is 0 Å². The van der Waals surface area contributed by atoms with Crippen LogP contribution in [0.3, 0.4) is 0 Å². The highest BCUT2D eigenvalue weighted by Gasteiger charge is 2.45. The van der Waals surface area contributed by atoms with E-state index in [0.29, 0.717) is 11.7 Å². The molecule has 2 aromatic rings. The number of nitrogens with one attached hydrogen (secondary N) is 3. The lowest BCUT2D eigenvalue weighted by molar-refractivity contribution is -0.124. The van der Waals surface area contributed by atoms with E-state index in [4.69, 9.17) is 5.41 Å². The van der Waals surface area contributed by atoms with E-state index in [0.717, 1.165) is 41.2 Å². The van der Waals surface area contributed by atoms with Crippen LogP contribution in [0.25, 0.3) is 0 Å². The molecule has 1 saturated carbocycles. The molecular formula is C19H20BrN5O. The summed E-state index contributed by atoms with van der Waals surface area (Å²) in [7, 11) is 1.73. The topological polar surface area (TPSA) is 90.2 Å². The van der Waals surface area contributed by atoms with Crippen molar-refractivity contribution >= 4 is 39.8 Å². The number of pyridine rings is 1. The Kier molecular flexibility index (Phi) is 5.46. The lowest BCUT2D eigenvalue weighted by atomic mass is 9.64. The molecule has 0 bridgehead atoms. The normalized spacial score (nSPS) is 15.7. The highest BCUT2D eigenvalue weighted by Crippen LogP contribution is 2.44. The van der Waals surface area contributed by atoms with Gasteiger partial charge in [0.15, 0.2) is 0 Å². The van der Waals surface area contributed by atoms with Crippen molar-refractivity contribution in [2.24, 2.45) is 4.99 Å². The van der Waals surface area contributed by atoms with Crippen molar-refractivity contribution in [3.8, 4) is 0 Å². The van der Waals surface area contributed by atoms with Crippen molar-refractivity contribution in [1.82, 2.24) is 10.3 Å². The fourth-order valence-corrected chi connectivity index (χ4v) is 3.40. The summed E-state index contributed by atoms with van der Waals surface area (Å²) in [6.45, 7) is 0. The summed E-state index contributed by atoms with van der Waals surface area (Å²) in [4.78, 5) is 21.2. The molecule has 0 aliphatic heterocycles. The summed E-state index contributed by atoms with van der Waals surface area (Å²) in [5.41, 5.74) is 1.32. The molecule has 3 rings (SSSR count). The molecular weight excluding hydrogens is 394 g/mol. The first kappa shape index (κ1) is 18.3. The van der Waals surface area contributed by atoms with Gasteiger partial charge >= 0.3 is 0 Å². The standard InChI is InChI=1S/C19H20BrN5O/c1-22-17(24-12-21)13-3-8-16(23-11-13)25-18(26)19(9-2-10-19)14-4-6-15(20)7-5-14/h3-8,11-12H,2,9-10H2,1H3,(H2,21,22,24)(H,23,25,26). The lowest BCUT2D eigenvalue weighted by Crippen LogP contribution is -2.46. The average Bonchev–Trinajstić information content (AvgIpc) is 2.61. The number of amidine groups is 1. The number of aliphatic imine (C=N–C) groups is 1. The molecule has 6 nitrogen and oxygen atoms in total. The zero-order chi connectivity index (χ0) is 18.6. The van der Waals surface area contributed by atoms with E-state index in [1.807, 2.05) is 30.3 Å². The number of carbonyl (C=O) groups is 1. The number of amides is 1. The molecule has 1 fully saturated rings. The van der Waals surface area contributed by atoms with Crippen LogP contribution in [0.4, 0.5) is 5.82 Å². The second-order valence-electron chi connectivity index (χ2n) is 6.19. The Morgan fingerprint density at radius 2 is 2.00 bits per heavy atom. The summed E-state index contributed by atoms with van der Waals surface area (Å²) >= 11 is 3.44. The maximum Gasteiger partial charge on any atom is 0.236 e. The van der Waals surface area contributed by atoms with Gasteiger partial charge in [0, 0.05) is 23.3 Å². The van der Waals surface area contributed by atoms with E-state index >= 15 is 0 Å². The molecule has 1 aromatic carbocycles. The zero-order valence-corrected chi connectivity index (χ0v) is 16.0. The summed E-state index contributed by atoms with van der Waals surface area (Å²) in [6.07, 6.45) is 5.33. The monoisotopic (exact) mass is 413 g/mol. The van der Waals surface area contributed by atoms with Gasteiger partial charge in [0.2, 0.25) is 5.91 Å². The quantitative estimate of drug-likeness (QED) is 0.517. The Morgan fingerprint density at radius 3 is 2.50 bits per heavy atom. The van der Waals surface area contributed by atoms with Crippen molar-refractivity contribution < 1.29 is 4.79 Å². The van der Waals surface area contributed by atoms with Crippen molar-refractivity contribution in [2.75, 3.05) is 12.4 Å². The number of nitrogens with zero attached hydrogens (tertiary/aromatic N) is 2. The molecule has 0 unspecified atom stereocenters. The Balaban J connectivity index is 1.77. The number of hydrogen-bond acceptors (Lipinski definition) is 3. The third-order valence-corrected chi connectivity index (χ3v) is 5.28. The first-order valence-electron chi connectivity index (χ1n) is 8.37. The van der Waals surface area contributed by atoms with Crippen LogP contribution in [-0.2, 0) is 10.2 Å². The predicted octanol–water partition coefficient (Wildman–Crippen LogP) is 3.48. The van der Waals surface area contributed by atoms with Crippen molar-refractivity contribution in [2.45, 2.75) is 24.7 Å². The minimum atomic E-state index is -0.473. The molecule has 0 atom stereocenters. The van der Waals surface area contributed by atoms with Gasteiger partial charge in [0.1, 0.15) is 18.0 Å². The first-order chi connectivity index (χ1) is 12.6. The molecule has 3 N–H and O–H groups in total. The van der Waals surface area contributed by atoms with Crippen LogP contribution in [0, 0.1) is 5.41 Å². The van der Waals surface area contributed by atoms with Gasteiger partial charge in [-0.3, -0.25) is 10.2 Å². The third-order valence-electron chi connectivity index (χ3n) is 4.75. The maximum atomic E-state index is 13.0. The molecule has 1 heterocycles. The molecule has 1 aromatic heterocycles. The molecule has 0 spiro atoms. The molecule has 1 aliphatic carbocycles. The summed E-state index contributed by atoms with van der Waals surface area (Å²) in [5, 5.41) is 12.9. The Labute approximate surface area is 160 Å². The second-order valence-corrected chi connectivity index (χ2v) is 7.10. The van der Waals surface area contributed by atoms with Crippen molar-refractivity contribution in [1.29, 1.82) is 5.41 Å². The van der Waals surface area contributed by atoms with Gasteiger partial charge < -0.3 is 10.6 Å². The minimum Gasteiger partial charge on any atom is -0.373 e. The van der Waals surface area contributed by atoms with Gasteiger partial charge in [-0.05, 0) is 42.7 Å². The van der Waals surface area contributed by atoms with Gasteiger partial charge in [0.05, 0.1) is 5.41 Å². The average molecular weight is 414 g/mol. The number of rotatable bonds is 5. The summed E-state index contributed by atoms with van der Waals surface area (Å²) in [5.74, 6) is 1.04. The molecule has 7 heteroatoms. The smallest absolute Gasteiger partial charge is 0.236 e. The number of hydrogen-bond donors (Lipinski definition) is 3. The largest absolute Gasteiger partial charge is 0.373 e. The lowest BCUT2D eigenvalue weighted by Gasteiger charge is -2.40. The van der Waals surface area contributed by atoms with Crippen LogP contribution in [0.2, 0.25) is 0 Å². The van der Waals surface area contributed by atoms with Crippen LogP contribution < -0.4 is 10.6 Å². The van der Waals surface area contributed by atoms with E-state index in [2.05, 4.69) is 36.5 Å². The minimum absolute atomic E-state index is 0.0201. The molecule has 134 valence electrons. The van der Waals surface area contributed by atoms with E-state index in [-0.39, 0.29) is 5.91 Å². The van der Waals surface area contributed by atoms with Crippen LogP contribution >= 0.6 is 15.9 Å². The van der Waals surface area contributed by atoms with Gasteiger partial charge in [-0.15, -0.1) is 0 Å². The zero-order valence-electron chi connectivity index (χ0n) is 14.4. The predicted molar refractivity (Wildman–Crippen MR) is 107 cm³/mol. The number of aromatic nitrogens is 1. The number of halogens is 1. The molecule has 0 saturated heterocycles. The third kappa shape index (κ3) is 3.53. The summed E-state index contributed by atoms with van der Waals surface area (Å²) in [6, 6.07) is 11.5. The molecule has 1 amide bonds. The number of carbonyl (C=O) groups excluding carboxylic acids is 1. The second kappa shape index (κ2) is 7.78. The fourth-order valence-electron chi connectivity index (χ4n) is 3.14. The Hall–Kier alpha value is -2.54. The van der Waals surface area contributed by atoms with E-state index in [1.54, 1.807) is 19.3 Å². The van der Waals surface area contributed by atoms with E-state index in [9.17, 15) is 4.79 Å². The fraction of sp³-hybridized carbons (Fsp3) is 0.263. The summed E-state index contributed by atoms with van der Waals surface area (Å²) < 4.78 is 1.00. The highest BCUT2D eigenvalue weighted by molar-refractivity contribution is 9.10. The van der Waals surface area contributed by atoms with Gasteiger partial charge in [-0.2, -0.15) is 0 Å². The van der Waals surface area contributed by atoms with Gasteiger partial charge in [-0.25, -0.2) is 9.98 Å². The van der Waals surface area contributed by atoms with Crippen LogP contribution in [-0.4, -0.2) is 30.1 Å². The first-order valence-corrected chi connectivity index (χ1v) is 9.17. The Bertz CT molecular complexity index is 826. The number of benzene rings is 1. The van der Waals surface area contributed by atoms with Crippen molar-refractivity contribution in [3.63, 3.8) is 0 Å². The van der Waals surface area contributed by atoms with Crippen LogP contribution in [0.15, 0.2) is 52.1 Å². The Morgan fingerprint density at radius 1 is 1.27 bits per heavy atom. The SMILES string of the molecule is CN/C(=N\C=N)c1ccc(NC(=O)C2(c3ccc(Br)cc3)CCC2)nc1. The maximum absolute atomic E-state index is 13.0. The van der Waals surface area contributed by atoms with E-state index < -0.39 is 5.41 Å².